The topological polar surface area (TPSA) is 78.4 Å². The van der Waals surface area contributed by atoms with Gasteiger partial charge in [0.05, 0.1) is 11.5 Å². The van der Waals surface area contributed by atoms with E-state index in [0.717, 1.165) is 12.1 Å². The summed E-state index contributed by atoms with van der Waals surface area (Å²) in [5.74, 6) is -2.09. The molecule has 0 aromatic heterocycles. The molecule has 0 saturated heterocycles. The average molecular weight is 414 g/mol. The fourth-order valence-corrected chi connectivity index (χ4v) is 3.00. The van der Waals surface area contributed by atoms with Crippen molar-refractivity contribution in [2.24, 2.45) is 0 Å². The number of halogens is 3. The molecule has 1 atom stereocenters. The smallest absolute Gasteiger partial charge is 0.322 e. The van der Waals surface area contributed by atoms with Gasteiger partial charge in [0.25, 0.3) is 11.8 Å². The highest BCUT2D eigenvalue weighted by Crippen LogP contribution is 2.30. The minimum Gasteiger partial charge on any atom is -0.322 e. The normalized spacial score (nSPS) is 12.1. The van der Waals surface area contributed by atoms with Gasteiger partial charge < -0.3 is 5.32 Å². The fourth-order valence-electron chi connectivity index (χ4n) is 3.00. The Morgan fingerprint density at radius 3 is 2.07 bits per heavy atom. The third-order valence-electron chi connectivity index (χ3n) is 4.46. The minimum atomic E-state index is -4.54. The van der Waals surface area contributed by atoms with Crippen LogP contribution in [-0.4, -0.2) is 17.0 Å². The molecule has 5 nitrogen and oxygen atoms in total. The zero-order chi connectivity index (χ0) is 21.7. The molecule has 0 heterocycles. The van der Waals surface area contributed by atoms with Crippen LogP contribution in [0, 0.1) is 0 Å². The predicted octanol–water partition coefficient (Wildman–Crippen LogP) is 4.60. The zero-order valence-corrected chi connectivity index (χ0v) is 15.5. The van der Waals surface area contributed by atoms with Gasteiger partial charge in [0, 0.05) is 11.3 Å². The summed E-state index contributed by atoms with van der Waals surface area (Å²) in [7, 11) is 0. The van der Waals surface area contributed by atoms with Crippen molar-refractivity contribution >= 4 is 17.5 Å². The highest BCUT2D eigenvalue weighted by Gasteiger charge is 2.31. The summed E-state index contributed by atoms with van der Waals surface area (Å²) in [5.41, 5.74) is 2.17. The maximum atomic E-state index is 12.8. The van der Waals surface area contributed by atoms with E-state index in [2.05, 4.69) is 5.32 Å². The molecular formula is C22H17F3N2O3. The van der Waals surface area contributed by atoms with Gasteiger partial charge in [-0.25, -0.2) is 5.48 Å². The number of amides is 2. The van der Waals surface area contributed by atoms with E-state index in [0.29, 0.717) is 16.8 Å². The van der Waals surface area contributed by atoms with E-state index in [9.17, 15) is 22.8 Å². The molecule has 30 heavy (non-hydrogen) atoms. The summed E-state index contributed by atoms with van der Waals surface area (Å²) < 4.78 is 38.5. The molecule has 0 aliphatic carbocycles. The van der Waals surface area contributed by atoms with Crippen molar-refractivity contribution in [3.8, 4) is 0 Å². The van der Waals surface area contributed by atoms with Crippen LogP contribution in [-0.2, 0) is 11.0 Å². The summed E-state index contributed by atoms with van der Waals surface area (Å²) in [6.07, 6.45) is -4.54. The molecule has 2 amide bonds. The largest absolute Gasteiger partial charge is 0.416 e. The van der Waals surface area contributed by atoms with Gasteiger partial charge >= 0.3 is 6.18 Å². The molecule has 0 aliphatic heterocycles. The third kappa shape index (κ3) is 4.84. The van der Waals surface area contributed by atoms with E-state index < -0.39 is 29.5 Å². The Kier molecular flexibility index (Phi) is 6.17. The summed E-state index contributed by atoms with van der Waals surface area (Å²) in [6.45, 7) is 0. The summed E-state index contributed by atoms with van der Waals surface area (Å²) >= 11 is 0. The van der Waals surface area contributed by atoms with Gasteiger partial charge in [-0.3, -0.25) is 14.8 Å². The zero-order valence-electron chi connectivity index (χ0n) is 15.5. The highest BCUT2D eigenvalue weighted by atomic mass is 19.4. The van der Waals surface area contributed by atoms with Crippen LogP contribution >= 0.6 is 0 Å². The molecule has 154 valence electrons. The maximum absolute atomic E-state index is 12.8. The number of hydrogen-bond acceptors (Lipinski definition) is 3. The number of benzene rings is 3. The first-order valence-corrected chi connectivity index (χ1v) is 8.87. The minimum absolute atomic E-state index is 0.129. The maximum Gasteiger partial charge on any atom is 0.416 e. The van der Waals surface area contributed by atoms with Crippen LogP contribution in [0.15, 0.2) is 78.9 Å². The number of nitrogens with one attached hydrogen (secondary N) is 2. The monoisotopic (exact) mass is 414 g/mol. The van der Waals surface area contributed by atoms with E-state index in [4.69, 9.17) is 5.21 Å². The standard InChI is InChI=1S/C22H17F3N2O3/c23-22(24,25)17-8-4-7-16(13-17)20(28)26-18-11-9-15(10-12-18)19(21(29)27-30)14-5-2-1-3-6-14/h1-13,19,30H,(H,26,28)(H,27,29). The first kappa shape index (κ1) is 21.1. The number of anilines is 1. The van der Waals surface area contributed by atoms with Crippen LogP contribution in [0.25, 0.3) is 0 Å². The Morgan fingerprint density at radius 2 is 1.47 bits per heavy atom. The summed E-state index contributed by atoms with van der Waals surface area (Å²) in [6, 6.07) is 19.2. The number of carbonyl (C=O) groups is 2. The van der Waals surface area contributed by atoms with Crippen molar-refractivity contribution in [2.75, 3.05) is 5.32 Å². The Bertz CT molecular complexity index is 1040. The van der Waals surface area contributed by atoms with Crippen molar-refractivity contribution in [1.29, 1.82) is 0 Å². The molecule has 3 aromatic carbocycles. The lowest BCUT2D eigenvalue weighted by Gasteiger charge is -2.16. The molecule has 0 aliphatic rings. The van der Waals surface area contributed by atoms with E-state index in [1.165, 1.54) is 24.3 Å². The van der Waals surface area contributed by atoms with Crippen molar-refractivity contribution in [3.05, 3.63) is 101 Å². The summed E-state index contributed by atoms with van der Waals surface area (Å²) in [4.78, 5) is 24.5. The van der Waals surface area contributed by atoms with Crippen LogP contribution in [0.5, 0.6) is 0 Å². The van der Waals surface area contributed by atoms with Crippen LogP contribution in [0.2, 0.25) is 0 Å². The quantitative estimate of drug-likeness (QED) is 0.422. The highest BCUT2D eigenvalue weighted by molar-refractivity contribution is 6.04. The molecule has 0 bridgehead atoms. The molecule has 8 heteroatoms. The molecule has 3 aromatic rings. The Balaban J connectivity index is 1.80. The van der Waals surface area contributed by atoms with E-state index in [1.54, 1.807) is 47.9 Å². The summed E-state index contributed by atoms with van der Waals surface area (Å²) in [5, 5.41) is 11.6. The van der Waals surface area contributed by atoms with Crippen LogP contribution in [0.3, 0.4) is 0 Å². The van der Waals surface area contributed by atoms with Crippen LogP contribution < -0.4 is 10.8 Å². The molecule has 0 radical (unpaired) electrons. The van der Waals surface area contributed by atoms with Gasteiger partial charge in [-0.05, 0) is 41.5 Å². The van der Waals surface area contributed by atoms with Crippen molar-refractivity contribution < 1.29 is 28.0 Å². The molecular weight excluding hydrogens is 397 g/mol. The third-order valence-corrected chi connectivity index (χ3v) is 4.46. The van der Waals surface area contributed by atoms with Crippen LogP contribution in [0.4, 0.5) is 18.9 Å². The van der Waals surface area contributed by atoms with Crippen LogP contribution in [0.1, 0.15) is 33.0 Å². The lowest BCUT2D eigenvalue weighted by molar-refractivity contribution is -0.137. The second kappa shape index (κ2) is 8.79. The Morgan fingerprint density at radius 1 is 0.833 bits per heavy atom. The lowest BCUT2D eigenvalue weighted by Crippen LogP contribution is -2.27. The fraction of sp³-hybridized carbons (Fsp3) is 0.0909. The predicted molar refractivity (Wildman–Crippen MR) is 104 cm³/mol. The SMILES string of the molecule is O=C(Nc1ccc(C(C(=O)NO)c2ccccc2)cc1)c1cccc(C(F)(F)F)c1. The molecule has 3 rings (SSSR count). The van der Waals surface area contributed by atoms with E-state index in [-0.39, 0.29) is 5.56 Å². The van der Waals surface area contributed by atoms with E-state index >= 15 is 0 Å². The number of rotatable bonds is 5. The average Bonchev–Trinajstić information content (AvgIpc) is 2.75. The van der Waals surface area contributed by atoms with E-state index in [1.807, 2.05) is 0 Å². The Labute approximate surface area is 170 Å². The lowest BCUT2D eigenvalue weighted by atomic mass is 9.90. The first-order chi connectivity index (χ1) is 14.3. The molecule has 0 fully saturated rings. The number of hydrogen-bond donors (Lipinski definition) is 3. The van der Waals surface area contributed by atoms with Crippen molar-refractivity contribution in [3.63, 3.8) is 0 Å². The van der Waals surface area contributed by atoms with Gasteiger partial charge in [-0.15, -0.1) is 0 Å². The number of hydroxylamine groups is 1. The Hall–Kier alpha value is -3.65. The molecule has 1 unspecified atom stereocenters. The first-order valence-electron chi connectivity index (χ1n) is 8.87. The van der Waals surface area contributed by atoms with Crippen molar-refractivity contribution in [2.45, 2.75) is 12.1 Å². The van der Waals surface area contributed by atoms with Crippen molar-refractivity contribution in [1.82, 2.24) is 5.48 Å². The molecule has 0 spiro atoms. The molecule has 0 saturated carbocycles. The number of alkyl halides is 3. The van der Waals surface area contributed by atoms with Gasteiger partial charge in [0.15, 0.2) is 0 Å². The van der Waals surface area contributed by atoms with Gasteiger partial charge in [0.2, 0.25) is 0 Å². The van der Waals surface area contributed by atoms with Gasteiger partial charge in [-0.2, -0.15) is 13.2 Å². The second-order valence-corrected chi connectivity index (χ2v) is 6.47. The van der Waals surface area contributed by atoms with Gasteiger partial charge in [0.1, 0.15) is 0 Å². The second-order valence-electron chi connectivity index (χ2n) is 6.47. The molecule has 3 N–H and O–H groups in total. The van der Waals surface area contributed by atoms with Gasteiger partial charge in [-0.1, -0.05) is 48.5 Å². The number of carbonyl (C=O) groups excluding carboxylic acids is 2.